The molecule has 60 valence electrons. The molecule has 0 atom stereocenters. The highest BCUT2D eigenvalue weighted by Gasteiger charge is 2.28. The molecule has 0 spiro atoms. The topological polar surface area (TPSA) is 57.6 Å². The van der Waals surface area contributed by atoms with Crippen LogP contribution in [-0.2, 0) is 9.59 Å². The Morgan fingerprint density at radius 3 is 2.64 bits per heavy atom. The molecule has 6 heteroatoms. The van der Waals surface area contributed by atoms with E-state index >= 15 is 0 Å². The molecular weight excluding hydrogens is 186 g/mol. The molecule has 0 aromatic rings. The lowest BCUT2D eigenvalue weighted by molar-refractivity contribution is -0.153. The third-order valence-corrected chi connectivity index (χ3v) is 2.62. The van der Waals surface area contributed by atoms with Gasteiger partial charge in [0.2, 0.25) is 0 Å². The molecule has 1 aliphatic heterocycles. The predicted octanol–water partition coefficient (Wildman–Crippen LogP) is -0.0687. The highest BCUT2D eigenvalue weighted by molar-refractivity contribution is 8.23. The molecule has 1 heterocycles. The normalized spacial score (nSPS) is 17.1. The molecule has 11 heavy (non-hydrogen) atoms. The Labute approximate surface area is 72.6 Å². The van der Waals surface area contributed by atoms with E-state index < -0.39 is 11.9 Å². The molecule has 1 aliphatic rings. The summed E-state index contributed by atoms with van der Waals surface area (Å²) in [6, 6.07) is 0. The van der Waals surface area contributed by atoms with Crippen molar-refractivity contribution in [1.29, 1.82) is 0 Å². The Kier molecular flexibility index (Phi) is 2.45. The number of amides is 1. The number of carbonyl (C=O) groups excluding carboxylic acids is 1. The lowest BCUT2D eigenvalue weighted by Crippen LogP contribution is -2.36. The van der Waals surface area contributed by atoms with Crippen LogP contribution in [0.1, 0.15) is 0 Å². The van der Waals surface area contributed by atoms with Crippen molar-refractivity contribution < 1.29 is 14.7 Å². The van der Waals surface area contributed by atoms with Crippen molar-refractivity contribution in [2.24, 2.45) is 0 Å². The fraction of sp³-hybridized carbons (Fsp3) is 0.400. The summed E-state index contributed by atoms with van der Waals surface area (Å²) in [7, 11) is 0. The van der Waals surface area contributed by atoms with Crippen molar-refractivity contribution in [1.82, 2.24) is 4.90 Å². The molecule has 0 unspecified atom stereocenters. The van der Waals surface area contributed by atoms with Gasteiger partial charge in [0, 0.05) is 12.3 Å². The molecule has 1 amide bonds. The number of thioether (sulfide) groups is 1. The van der Waals surface area contributed by atoms with E-state index in [1.54, 1.807) is 0 Å². The van der Waals surface area contributed by atoms with Gasteiger partial charge < -0.3 is 5.11 Å². The monoisotopic (exact) mass is 191 g/mol. The van der Waals surface area contributed by atoms with E-state index in [-0.39, 0.29) is 0 Å². The number of carboxylic acids is 1. The molecule has 0 bridgehead atoms. The Morgan fingerprint density at radius 2 is 2.27 bits per heavy atom. The molecule has 0 aliphatic carbocycles. The van der Waals surface area contributed by atoms with Crippen LogP contribution in [0.25, 0.3) is 0 Å². The van der Waals surface area contributed by atoms with Gasteiger partial charge >= 0.3 is 11.9 Å². The van der Waals surface area contributed by atoms with Gasteiger partial charge in [-0.2, -0.15) is 0 Å². The summed E-state index contributed by atoms with van der Waals surface area (Å²) >= 11 is 6.06. The van der Waals surface area contributed by atoms with Crippen LogP contribution in [0, 0.1) is 0 Å². The summed E-state index contributed by atoms with van der Waals surface area (Å²) in [6.07, 6.45) is 0. The lowest BCUT2D eigenvalue weighted by atomic mass is 10.5. The van der Waals surface area contributed by atoms with E-state index in [4.69, 9.17) is 17.3 Å². The summed E-state index contributed by atoms with van der Waals surface area (Å²) in [5.41, 5.74) is 0. The maximum absolute atomic E-state index is 10.8. The Balaban J connectivity index is 2.67. The molecule has 1 saturated heterocycles. The third kappa shape index (κ3) is 1.69. The van der Waals surface area contributed by atoms with E-state index in [0.29, 0.717) is 16.6 Å². The number of hydrogen-bond acceptors (Lipinski definition) is 4. The number of rotatable bonds is 0. The van der Waals surface area contributed by atoms with Crippen molar-refractivity contribution in [3.63, 3.8) is 0 Å². The molecule has 1 rings (SSSR count). The van der Waals surface area contributed by atoms with Gasteiger partial charge in [0.15, 0.2) is 0 Å². The maximum Gasteiger partial charge on any atom is 0.395 e. The molecule has 1 fully saturated rings. The maximum atomic E-state index is 10.8. The highest BCUT2D eigenvalue weighted by Crippen LogP contribution is 2.17. The standard InChI is InChI=1S/C5H5NO3S2/c7-3(4(8)9)6-1-2-11-5(6)10/h1-2H2,(H,8,9). The zero-order valence-electron chi connectivity index (χ0n) is 5.44. The summed E-state index contributed by atoms with van der Waals surface area (Å²) in [4.78, 5) is 22.1. The zero-order valence-corrected chi connectivity index (χ0v) is 7.07. The fourth-order valence-electron chi connectivity index (χ4n) is 0.693. The van der Waals surface area contributed by atoms with E-state index in [1.165, 1.54) is 11.8 Å². The third-order valence-electron chi connectivity index (χ3n) is 1.19. The summed E-state index contributed by atoms with van der Waals surface area (Å²) in [5, 5.41) is 8.30. The van der Waals surface area contributed by atoms with Gasteiger partial charge in [0.1, 0.15) is 4.32 Å². The van der Waals surface area contributed by atoms with Gasteiger partial charge in [0.05, 0.1) is 0 Å². The van der Waals surface area contributed by atoms with Gasteiger partial charge in [-0.05, 0) is 0 Å². The average molecular weight is 191 g/mol. The molecule has 0 aromatic heterocycles. The summed E-state index contributed by atoms with van der Waals surface area (Å²) in [6.45, 7) is 0.411. The van der Waals surface area contributed by atoms with E-state index in [1.807, 2.05) is 0 Å². The first-order valence-electron chi connectivity index (χ1n) is 2.84. The van der Waals surface area contributed by atoms with Crippen LogP contribution in [0.15, 0.2) is 0 Å². The SMILES string of the molecule is O=C(O)C(=O)N1CCSC1=S. The zero-order chi connectivity index (χ0) is 8.43. The van der Waals surface area contributed by atoms with Crippen LogP contribution >= 0.6 is 24.0 Å². The highest BCUT2D eigenvalue weighted by atomic mass is 32.2. The lowest BCUT2D eigenvalue weighted by Gasteiger charge is -2.09. The number of nitrogens with zero attached hydrogens (tertiary/aromatic N) is 1. The van der Waals surface area contributed by atoms with Crippen molar-refractivity contribution >= 4 is 40.2 Å². The quantitative estimate of drug-likeness (QED) is 0.429. The first kappa shape index (κ1) is 8.48. The Bertz CT molecular complexity index is 228. The molecule has 0 radical (unpaired) electrons. The predicted molar refractivity (Wildman–Crippen MR) is 44.4 cm³/mol. The van der Waals surface area contributed by atoms with Crippen LogP contribution in [-0.4, -0.2) is 38.5 Å². The number of aliphatic carboxylic acids is 1. The molecule has 1 N–H and O–H groups in total. The Morgan fingerprint density at radius 1 is 1.64 bits per heavy atom. The van der Waals surface area contributed by atoms with Crippen molar-refractivity contribution in [2.45, 2.75) is 0 Å². The minimum atomic E-state index is -1.45. The molecule has 0 aromatic carbocycles. The van der Waals surface area contributed by atoms with Gasteiger partial charge in [0.25, 0.3) is 0 Å². The van der Waals surface area contributed by atoms with E-state index in [9.17, 15) is 9.59 Å². The van der Waals surface area contributed by atoms with Crippen LogP contribution in [0.2, 0.25) is 0 Å². The number of thiocarbonyl (C=S) groups is 1. The van der Waals surface area contributed by atoms with Crippen LogP contribution in [0.5, 0.6) is 0 Å². The minimum Gasteiger partial charge on any atom is -0.474 e. The summed E-state index contributed by atoms with van der Waals surface area (Å²) in [5.74, 6) is -1.69. The number of carbonyl (C=O) groups is 2. The first-order valence-corrected chi connectivity index (χ1v) is 4.24. The van der Waals surface area contributed by atoms with Gasteiger partial charge in [-0.3, -0.25) is 9.69 Å². The average Bonchev–Trinajstić information content (AvgIpc) is 2.33. The molecule has 4 nitrogen and oxygen atoms in total. The smallest absolute Gasteiger partial charge is 0.395 e. The van der Waals surface area contributed by atoms with E-state index in [0.717, 1.165) is 4.90 Å². The van der Waals surface area contributed by atoms with Crippen molar-refractivity contribution in [3.8, 4) is 0 Å². The van der Waals surface area contributed by atoms with Crippen molar-refractivity contribution in [3.05, 3.63) is 0 Å². The van der Waals surface area contributed by atoms with Crippen LogP contribution < -0.4 is 0 Å². The van der Waals surface area contributed by atoms with Crippen LogP contribution in [0.3, 0.4) is 0 Å². The largest absolute Gasteiger partial charge is 0.474 e. The minimum absolute atomic E-state index is 0.359. The second-order valence-corrected chi connectivity index (χ2v) is 3.61. The second-order valence-electron chi connectivity index (χ2n) is 1.88. The molecular formula is C5H5NO3S2. The van der Waals surface area contributed by atoms with Crippen LogP contribution in [0.4, 0.5) is 0 Å². The van der Waals surface area contributed by atoms with Crippen molar-refractivity contribution in [2.75, 3.05) is 12.3 Å². The van der Waals surface area contributed by atoms with Gasteiger partial charge in [-0.15, -0.1) is 0 Å². The Hall–Kier alpha value is -0.620. The fourth-order valence-corrected chi connectivity index (χ4v) is 1.90. The van der Waals surface area contributed by atoms with E-state index in [2.05, 4.69) is 0 Å². The van der Waals surface area contributed by atoms with Gasteiger partial charge in [-0.1, -0.05) is 24.0 Å². The first-order chi connectivity index (χ1) is 5.13. The van der Waals surface area contributed by atoms with Gasteiger partial charge in [-0.25, -0.2) is 4.79 Å². The molecule has 0 saturated carbocycles. The summed E-state index contributed by atoms with van der Waals surface area (Å²) < 4.78 is 0.359. The number of carboxylic acid groups (broad SMARTS) is 1. The number of hydrogen-bond donors (Lipinski definition) is 1. The second kappa shape index (κ2) is 3.19.